The summed E-state index contributed by atoms with van der Waals surface area (Å²) in [4.78, 5) is 26.2. The summed E-state index contributed by atoms with van der Waals surface area (Å²) in [6.45, 7) is 3.39. The number of benzene rings is 1. The predicted octanol–water partition coefficient (Wildman–Crippen LogP) is 6.06. The Morgan fingerprint density at radius 3 is 2.63 bits per heavy atom. The summed E-state index contributed by atoms with van der Waals surface area (Å²) in [5.74, 6) is -0.687. The summed E-state index contributed by atoms with van der Waals surface area (Å²) < 4.78 is 62.8. The molecule has 13 heteroatoms. The fraction of sp³-hybridized carbons (Fsp3) is 0.424. The number of ether oxygens (including phenoxy) is 1. The minimum atomic E-state index is -4.49. The number of hydrogen-bond donors (Lipinski definition) is 1. The van der Waals surface area contributed by atoms with Gasteiger partial charge in [-0.15, -0.1) is 12.4 Å². The number of aliphatic hydroxyl groups excluding tert-OH is 1. The molecule has 0 bridgehead atoms. The van der Waals surface area contributed by atoms with Gasteiger partial charge in [-0.05, 0) is 62.4 Å². The highest BCUT2D eigenvalue weighted by Crippen LogP contribution is 2.38. The highest BCUT2D eigenvalue weighted by atomic mass is 35.5. The van der Waals surface area contributed by atoms with Crippen LogP contribution in [-0.4, -0.2) is 56.9 Å². The topological polar surface area (TPSA) is 83.7 Å². The Bertz CT molecular complexity index is 1750. The summed E-state index contributed by atoms with van der Waals surface area (Å²) in [6, 6.07) is 7.88. The maximum Gasteiger partial charge on any atom is 0.417 e. The quantitative estimate of drug-likeness (QED) is 0.207. The molecule has 246 valence electrons. The molecule has 1 aromatic carbocycles. The summed E-state index contributed by atoms with van der Waals surface area (Å²) in [5.41, 5.74) is 2.29. The largest absolute Gasteiger partial charge is 0.488 e. The van der Waals surface area contributed by atoms with Crippen molar-refractivity contribution in [2.24, 2.45) is 0 Å². The van der Waals surface area contributed by atoms with Gasteiger partial charge in [-0.25, -0.2) is 4.39 Å². The van der Waals surface area contributed by atoms with Crippen LogP contribution in [0.3, 0.4) is 0 Å². The molecule has 46 heavy (non-hydrogen) atoms. The fourth-order valence-corrected chi connectivity index (χ4v) is 6.15. The number of anilines is 1. The van der Waals surface area contributed by atoms with Crippen molar-refractivity contribution < 1.29 is 27.4 Å². The van der Waals surface area contributed by atoms with Crippen molar-refractivity contribution in [1.82, 2.24) is 19.4 Å². The van der Waals surface area contributed by atoms with Crippen LogP contribution in [0.4, 0.5) is 23.2 Å². The zero-order valence-electron chi connectivity index (χ0n) is 25.3. The van der Waals surface area contributed by atoms with E-state index in [0.29, 0.717) is 36.4 Å². The van der Waals surface area contributed by atoms with E-state index < -0.39 is 17.6 Å². The van der Waals surface area contributed by atoms with Gasteiger partial charge in [-0.2, -0.15) is 13.2 Å². The Kier molecular flexibility index (Phi) is 10.2. The lowest BCUT2D eigenvalue weighted by molar-refractivity contribution is -0.137. The van der Waals surface area contributed by atoms with E-state index in [-0.39, 0.29) is 60.8 Å². The van der Waals surface area contributed by atoms with E-state index in [1.807, 2.05) is 34.7 Å². The van der Waals surface area contributed by atoms with Crippen molar-refractivity contribution in [3.63, 3.8) is 0 Å². The molecule has 4 heterocycles. The maximum absolute atomic E-state index is 15.0. The molecule has 2 aliphatic rings. The van der Waals surface area contributed by atoms with Gasteiger partial charge in [0.05, 0.1) is 29.6 Å². The first-order valence-corrected chi connectivity index (χ1v) is 15.1. The van der Waals surface area contributed by atoms with Gasteiger partial charge >= 0.3 is 6.18 Å². The van der Waals surface area contributed by atoms with Crippen molar-refractivity contribution in [1.29, 1.82) is 0 Å². The van der Waals surface area contributed by atoms with Gasteiger partial charge in [0.25, 0.3) is 0 Å². The summed E-state index contributed by atoms with van der Waals surface area (Å²) >= 11 is 0. The number of aliphatic hydroxyl groups is 1. The molecule has 6 rings (SSSR count). The molecule has 1 aliphatic heterocycles. The van der Waals surface area contributed by atoms with Gasteiger partial charge in [-0.1, -0.05) is 0 Å². The second kappa shape index (κ2) is 13.9. The molecular weight excluding hydrogens is 626 g/mol. The van der Waals surface area contributed by atoms with Crippen LogP contribution in [0.2, 0.25) is 0 Å². The number of aryl methyl sites for hydroxylation is 1. The molecule has 4 aromatic rings. The van der Waals surface area contributed by atoms with Gasteiger partial charge in [0.2, 0.25) is 0 Å². The van der Waals surface area contributed by atoms with Crippen LogP contribution in [0.25, 0.3) is 10.9 Å². The Labute approximate surface area is 270 Å². The highest BCUT2D eigenvalue weighted by molar-refractivity contribution is 5.85. The van der Waals surface area contributed by atoms with Crippen molar-refractivity contribution in [3.8, 4) is 5.75 Å². The lowest BCUT2D eigenvalue weighted by atomic mass is 10.0. The van der Waals surface area contributed by atoms with E-state index >= 15 is 4.39 Å². The standard InChI is InChI=1S/C33H35F4N5O3.ClH/c1-21-11-22(6-7-39-21)17-41(26-3-2-8-40(20-26)27-12-24(15-38-16-27)33(35,36)37)18-23-19-42(25-4-5-25)30-14-31(45-10-9-43)29(34)13-28(30)32(23)44;/h6-7,11-16,19,25-26,43H,2-5,8-10,17-18,20H2,1H3;1H/t26-;/m0./s1. The third-order valence-corrected chi connectivity index (χ3v) is 8.50. The smallest absolute Gasteiger partial charge is 0.417 e. The lowest BCUT2D eigenvalue weighted by Gasteiger charge is -2.40. The number of alkyl halides is 3. The molecule has 0 unspecified atom stereocenters. The first-order valence-electron chi connectivity index (χ1n) is 15.1. The molecule has 0 amide bonds. The molecular formula is C33H36ClF4N5O3. The Morgan fingerprint density at radius 1 is 1.11 bits per heavy atom. The van der Waals surface area contributed by atoms with Crippen LogP contribution in [0.15, 0.2) is 59.9 Å². The molecule has 0 spiro atoms. The van der Waals surface area contributed by atoms with Gasteiger partial charge in [0.15, 0.2) is 17.0 Å². The zero-order valence-corrected chi connectivity index (χ0v) is 26.2. The molecule has 3 aromatic heterocycles. The first-order chi connectivity index (χ1) is 21.6. The number of pyridine rings is 3. The predicted molar refractivity (Wildman–Crippen MR) is 169 cm³/mol. The zero-order chi connectivity index (χ0) is 31.7. The van der Waals surface area contributed by atoms with E-state index in [4.69, 9.17) is 9.84 Å². The van der Waals surface area contributed by atoms with Crippen LogP contribution in [0.1, 0.15) is 54.1 Å². The average Bonchev–Trinajstić information content (AvgIpc) is 3.87. The molecule has 1 N–H and O–H groups in total. The van der Waals surface area contributed by atoms with Gasteiger partial charge < -0.3 is 19.3 Å². The maximum atomic E-state index is 15.0. The average molecular weight is 662 g/mol. The number of hydrogen-bond acceptors (Lipinski definition) is 7. The van der Waals surface area contributed by atoms with E-state index in [1.54, 1.807) is 6.20 Å². The fourth-order valence-electron chi connectivity index (χ4n) is 6.15. The van der Waals surface area contributed by atoms with E-state index in [9.17, 15) is 18.0 Å². The molecule has 1 saturated carbocycles. The van der Waals surface area contributed by atoms with Crippen LogP contribution in [0, 0.1) is 12.7 Å². The molecule has 0 radical (unpaired) electrons. The molecule has 2 fully saturated rings. The molecule has 1 atom stereocenters. The minimum Gasteiger partial charge on any atom is -0.488 e. The van der Waals surface area contributed by atoms with Gasteiger partial charge in [-0.3, -0.25) is 19.7 Å². The summed E-state index contributed by atoms with van der Waals surface area (Å²) in [6.07, 6.45) is 4.80. The Hall–Kier alpha value is -3.74. The molecule has 8 nitrogen and oxygen atoms in total. The van der Waals surface area contributed by atoms with Crippen LogP contribution in [-0.2, 0) is 19.3 Å². The Morgan fingerprint density at radius 2 is 1.91 bits per heavy atom. The normalized spacial score (nSPS) is 16.9. The monoisotopic (exact) mass is 661 g/mol. The number of aromatic nitrogens is 3. The number of piperidine rings is 1. The highest BCUT2D eigenvalue weighted by Gasteiger charge is 2.33. The van der Waals surface area contributed by atoms with Crippen LogP contribution in [0.5, 0.6) is 5.75 Å². The second-order valence-corrected chi connectivity index (χ2v) is 11.9. The number of fused-ring (bicyclic) bond motifs is 1. The van der Waals surface area contributed by atoms with Gasteiger partial charge in [0.1, 0.15) is 6.61 Å². The summed E-state index contributed by atoms with van der Waals surface area (Å²) in [5, 5.41) is 9.40. The Balaban J connectivity index is 0.00000417. The number of halogens is 5. The van der Waals surface area contributed by atoms with Crippen molar-refractivity contribution in [2.45, 2.75) is 64.0 Å². The van der Waals surface area contributed by atoms with E-state index in [2.05, 4.69) is 14.9 Å². The third-order valence-electron chi connectivity index (χ3n) is 8.50. The number of nitrogens with zero attached hydrogens (tertiary/aromatic N) is 5. The minimum absolute atomic E-state index is 0. The molecule has 1 aliphatic carbocycles. The van der Waals surface area contributed by atoms with Crippen molar-refractivity contribution in [3.05, 3.63) is 93.5 Å². The number of rotatable bonds is 10. The third kappa shape index (κ3) is 7.45. The SMILES string of the molecule is Cc1cc(CN(Cc2cn(C3CC3)c3cc(OCCO)c(F)cc3c2=O)[C@H]2CCCN(c3cncc(C(F)(F)F)c3)C2)ccn1.Cl. The van der Waals surface area contributed by atoms with E-state index in [0.717, 1.165) is 49.2 Å². The van der Waals surface area contributed by atoms with Crippen molar-refractivity contribution in [2.75, 3.05) is 31.2 Å². The van der Waals surface area contributed by atoms with Gasteiger partial charge in [0, 0.05) is 79.6 Å². The first kappa shape index (κ1) is 33.6. The van der Waals surface area contributed by atoms with Crippen LogP contribution < -0.4 is 15.1 Å². The molecule has 1 saturated heterocycles. The second-order valence-electron chi connectivity index (χ2n) is 11.9. The van der Waals surface area contributed by atoms with Crippen LogP contribution >= 0.6 is 12.4 Å². The summed E-state index contributed by atoms with van der Waals surface area (Å²) in [7, 11) is 0. The van der Waals surface area contributed by atoms with Crippen molar-refractivity contribution >= 4 is 29.0 Å². The van der Waals surface area contributed by atoms with E-state index in [1.165, 1.54) is 18.3 Å². The lowest BCUT2D eigenvalue weighted by Crippen LogP contribution is -2.48.